The molecule has 0 rings (SSSR count). The highest BCUT2D eigenvalue weighted by Gasteiger charge is 2.22. The van der Waals surface area contributed by atoms with Crippen LogP contribution in [0, 0.1) is 5.92 Å². The third kappa shape index (κ3) is 22.8. The summed E-state index contributed by atoms with van der Waals surface area (Å²) in [4.78, 5) is 23.8. The normalized spacial score (nSPS) is 13.1. The average molecular weight is 497 g/mol. The molecule has 0 aliphatic heterocycles. The molecular formula is C30H56O5. The minimum atomic E-state index is -1.44. The molecule has 0 saturated heterocycles. The molecule has 0 aromatic rings. The van der Waals surface area contributed by atoms with E-state index in [1.54, 1.807) is 0 Å². The predicted octanol–water partition coefficient (Wildman–Crippen LogP) is 8.08. The fourth-order valence-electron chi connectivity index (χ4n) is 4.03. The summed E-state index contributed by atoms with van der Waals surface area (Å²) in [6.45, 7) is 7.12. The summed E-state index contributed by atoms with van der Waals surface area (Å²) in [5.74, 6) is -0.927. The second-order valence-corrected chi connectivity index (χ2v) is 9.92. The Balaban J connectivity index is 3.57. The van der Waals surface area contributed by atoms with Crippen molar-refractivity contribution in [1.29, 1.82) is 0 Å². The lowest BCUT2D eigenvalue weighted by atomic mass is 10.0. The van der Waals surface area contributed by atoms with E-state index in [1.165, 1.54) is 70.6 Å². The molecule has 35 heavy (non-hydrogen) atoms. The van der Waals surface area contributed by atoms with Crippen molar-refractivity contribution in [3.05, 3.63) is 12.2 Å². The first-order valence-corrected chi connectivity index (χ1v) is 14.7. The molecule has 2 atom stereocenters. The van der Waals surface area contributed by atoms with Crippen molar-refractivity contribution in [2.45, 2.75) is 149 Å². The summed E-state index contributed by atoms with van der Waals surface area (Å²) in [5.41, 5.74) is 0. The second kappa shape index (κ2) is 25.7. The van der Waals surface area contributed by atoms with E-state index in [4.69, 9.17) is 9.47 Å². The van der Waals surface area contributed by atoms with Crippen molar-refractivity contribution in [3.63, 3.8) is 0 Å². The van der Waals surface area contributed by atoms with Crippen LogP contribution < -0.4 is 0 Å². The van der Waals surface area contributed by atoms with Crippen molar-refractivity contribution in [2.24, 2.45) is 5.92 Å². The maximum Gasteiger partial charge on any atom is 0.335 e. The number of hydrogen-bond donors (Lipinski definition) is 1. The molecule has 0 heterocycles. The highest BCUT2D eigenvalue weighted by Crippen LogP contribution is 2.14. The molecule has 0 unspecified atom stereocenters. The minimum Gasteiger partial charge on any atom is -0.465 e. The lowest BCUT2D eigenvalue weighted by Crippen LogP contribution is -2.28. The number of hydrogen-bond acceptors (Lipinski definition) is 5. The Bertz CT molecular complexity index is 517. The standard InChI is InChI=1S/C30H56O5/c1-4-7-9-10-11-12-13-14-15-16-17-18-19-20-21-22-24-34-30(33)28(31)25-29(32)35-26-27(6-3)23-8-5-2/h14-15,27-28,31H,4-13,16-26H2,1-3H3/b15-14+/t27-,28-/m0/s1. The Hall–Kier alpha value is -1.36. The van der Waals surface area contributed by atoms with Gasteiger partial charge in [-0.1, -0.05) is 110 Å². The zero-order valence-electron chi connectivity index (χ0n) is 23.2. The van der Waals surface area contributed by atoms with Gasteiger partial charge in [-0.25, -0.2) is 4.79 Å². The van der Waals surface area contributed by atoms with Crippen molar-refractivity contribution < 1.29 is 24.2 Å². The number of esters is 2. The van der Waals surface area contributed by atoms with Crippen molar-refractivity contribution in [2.75, 3.05) is 13.2 Å². The van der Waals surface area contributed by atoms with Gasteiger partial charge in [0.25, 0.3) is 0 Å². The molecule has 0 amide bonds. The van der Waals surface area contributed by atoms with Gasteiger partial charge in [0.15, 0.2) is 6.10 Å². The highest BCUT2D eigenvalue weighted by atomic mass is 16.6. The van der Waals surface area contributed by atoms with Crippen LogP contribution in [-0.2, 0) is 19.1 Å². The Morgan fingerprint density at radius 3 is 1.83 bits per heavy atom. The summed E-state index contributed by atoms with van der Waals surface area (Å²) >= 11 is 0. The molecule has 5 nitrogen and oxygen atoms in total. The molecule has 0 aliphatic rings. The van der Waals surface area contributed by atoms with E-state index in [1.807, 2.05) is 0 Å². The molecule has 0 aliphatic carbocycles. The maximum absolute atomic E-state index is 11.9. The van der Waals surface area contributed by atoms with Crippen molar-refractivity contribution >= 4 is 11.9 Å². The fourth-order valence-corrected chi connectivity index (χ4v) is 4.03. The highest BCUT2D eigenvalue weighted by molar-refractivity contribution is 5.81. The minimum absolute atomic E-state index is 0.293. The maximum atomic E-state index is 11.9. The summed E-state index contributed by atoms with van der Waals surface area (Å²) in [6, 6.07) is 0. The molecule has 5 heteroatoms. The second-order valence-electron chi connectivity index (χ2n) is 9.92. The number of aliphatic hydroxyl groups excluding tert-OH is 1. The van der Waals surface area contributed by atoms with E-state index >= 15 is 0 Å². The molecule has 0 saturated carbocycles. The van der Waals surface area contributed by atoms with E-state index in [-0.39, 0.29) is 6.42 Å². The molecule has 206 valence electrons. The van der Waals surface area contributed by atoms with Crippen LogP contribution in [0.15, 0.2) is 12.2 Å². The zero-order valence-corrected chi connectivity index (χ0v) is 23.2. The quantitative estimate of drug-likeness (QED) is 0.0785. The number of carbonyl (C=O) groups excluding carboxylic acids is 2. The SMILES string of the molecule is CCCCCCCC/C=C/CCCCCCCCOC(=O)[C@@H](O)CC(=O)OC[C@@H](CC)CCCC. The van der Waals surface area contributed by atoms with Crippen molar-refractivity contribution in [3.8, 4) is 0 Å². The van der Waals surface area contributed by atoms with Gasteiger partial charge in [0.1, 0.15) is 0 Å². The van der Waals surface area contributed by atoms with Crippen molar-refractivity contribution in [1.82, 2.24) is 0 Å². The third-order valence-electron chi connectivity index (χ3n) is 6.56. The first-order chi connectivity index (χ1) is 17.0. The lowest BCUT2D eigenvalue weighted by molar-refractivity contribution is -0.160. The molecule has 0 radical (unpaired) electrons. The van der Waals surface area contributed by atoms with Crippen LogP contribution >= 0.6 is 0 Å². The fraction of sp³-hybridized carbons (Fsp3) is 0.867. The monoisotopic (exact) mass is 496 g/mol. The lowest BCUT2D eigenvalue weighted by Gasteiger charge is -2.15. The van der Waals surface area contributed by atoms with Gasteiger partial charge in [0.2, 0.25) is 0 Å². The number of ether oxygens (including phenoxy) is 2. The zero-order chi connectivity index (χ0) is 26.0. The Morgan fingerprint density at radius 2 is 1.26 bits per heavy atom. The number of allylic oxidation sites excluding steroid dienone is 2. The van der Waals surface area contributed by atoms with Crippen LogP contribution in [0.25, 0.3) is 0 Å². The van der Waals surface area contributed by atoms with Gasteiger partial charge in [-0.3, -0.25) is 4.79 Å². The van der Waals surface area contributed by atoms with E-state index in [0.29, 0.717) is 19.1 Å². The van der Waals surface area contributed by atoms with Gasteiger partial charge in [0.05, 0.1) is 19.6 Å². The van der Waals surface area contributed by atoms with Crippen LogP contribution in [-0.4, -0.2) is 36.4 Å². The molecule has 1 N–H and O–H groups in total. The van der Waals surface area contributed by atoms with Gasteiger partial charge in [-0.15, -0.1) is 0 Å². The Morgan fingerprint density at radius 1 is 0.714 bits per heavy atom. The van der Waals surface area contributed by atoms with Gasteiger partial charge < -0.3 is 14.6 Å². The Labute approximate surface area is 216 Å². The van der Waals surface area contributed by atoms with Crippen LogP contribution in [0.2, 0.25) is 0 Å². The number of carbonyl (C=O) groups is 2. The van der Waals surface area contributed by atoms with E-state index in [9.17, 15) is 14.7 Å². The van der Waals surface area contributed by atoms with Crippen LogP contribution in [0.1, 0.15) is 143 Å². The third-order valence-corrected chi connectivity index (χ3v) is 6.56. The van der Waals surface area contributed by atoms with Gasteiger partial charge in [-0.05, 0) is 44.4 Å². The molecule has 0 spiro atoms. The summed E-state index contributed by atoms with van der Waals surface area (Å²) in [5, 5.41) is 9.91. The van der Waals surface area contributed by atoms with Gasteiger partial charge >= 0.3 is 11.9 Å². The first kappa shape index (κ1) is 33.6. The molecule has 0 aromatic carbocycles. The average Bonchev–Trinajstić information content (AvgIpc) is 2.85. The first-order valence-electron chi connectivity index (χ1n) is 14.7. The number of aliphatic hydroxyl groups is 1. The Kier molecular flexibility index (Phi) is 24.7. The summed E-state index contributed by atoms with van der Waals surface area (Å²) in [6.07, 6.45) is 24.3. The van der Waals surface area contributed by atoms with E-state index < -0.39 is 18.0 Å². The van der Waals surface area contributed by atoms with Crippen LogP contribution in [0.3, 0.4) is 0 Å². The number of rotatable bonds is 25. The van der Waals surface area contributed by atoms with Crippen LogP contribution in [0.4, 0.5) is 0 Å². The smallest absolute Gasteiger partial charge is 0.335 e. The molecule has 0 aromatic heterocycles. The van der Waals surface area contributed by atoms with Crippen LogP contribution in [0.5, 0.6) is 0 Å². The summed E-state index contributed by atoms with van der Waals surface area (Å²) < 4.78 is 10.4. The van der Waals surface area contributed by atoms with Gasteiger partial charge in [0, 0.05) is 0 Å². The van der Waals surface area contributed by atoms with E-state index in [2.05, 4.69) is 32.9 Å². The molecular weight excluding hydrogens is 440 g/mol. The molecule has 0 bridgehead atoms. The predicted molar refractivity (Wildman–Crippen MR) is 145 cm³/mol. The van der Waals surface area contributed by atoms with E-state index in [0.717, 1.165) is 44.9 Å². The topological polar surface area (TPSA) is 72.8 Å². The number of unbranched alkanes of at least 4 members (excludes halogenated alkanes) is 13. The van der Waals surface area contributed by atoms with Gasteiger partial charge in [-0.2, -0.15) is 0 Å². The largest absolute Gasteiger partial charge is 0.465 e. The molecule has 0 fully saturated rings. The summed E-state index contributed by atoms with van der Waals surface area (Å²) in [7, 11) is 0.